The Bertz CT molecular complexity index is 658. The second-order valence-electron chi connectivity index (χ2n) is 5.98. The fourth-order valence-electron chi connectivity index (χ4n) is 2.79. The number of rotatable bonds is 6. The van der Waals surface area contributed by atoms with Crippen LogP contribution in [0.1, 0.15) is 17.3 Å². The number of piperazine rings is 1. The van der Waals surface area contributed by atoms with Crippen molar-refractivity contribution in [3.05, 3.63) is 47.6 Å². The van der Waals surface area contributed by atoms with Gasteiger partial charge in [0.05, 0.1) is 13.7 Å². The topological polar surface area (TPSA) is 54.6 Å². The molecule has 1 aromatic heterocycles. The normalized spacial score (nSPS) is 16.8. The number of aryl methyl sites for hydroxylation is 1. The summed E-state index contributed by atoms with van der Waals surface area (Å²) in [5, 5.41) is 3.96. The molecule has 1 fully saturated rings. The molecule has 24 heavy (non-hydrogen) atoms. The summed E-state index contributed by atoms with van der Waals surface area (Å²) in [7, 11) is 1.68. The Labute approximate surface area is 142 Å². The second-order valence-corrected chi connectivity index (χ2v) is 5.98. The van der Waals surface area contributed by atoms with Crippen LogP contribution in [0, 0.1) is 6.92 Å². The van der Waals surface area contributed by atoms with Gasteiger partial charge in [0.1, 0.15) is 5.75 Å². The molecule has 128 valence electrons. The highest BCUT2D eigenvalue weighted by molar-refractivity contribution is 5.50. The number of aromatic nitrogens is 2. The molecule has 1 aliphatic heterocycles. The first-order valence-corrected chi connectivity index (χ1v) is 8.27. The highest BCUT2D eigenvalue weighted by atomic mass is 16.5. The van der Waals surface area contributed by atoms with Crippen LogP contribution in [0.5, 0.6) is 5.75 Å². The fraction of sp³-hybridized carbons (Fsp3) is 0.444. The number of ether oxygens (including phenoxy) is 1. The summed E-state index contributed by atoms with van der Waals surface area (Å²) in [4.78, 5) is 9.09. The van der Waals surface area contributed by atoms with Gasteiger partial charge in [-0.05, 0) is 17.7 Å². The molecule has 2 aromatic rings. The highest BCUT2D eigenvalue weighted by Crippen LogP contribution is 2.12. The SMILES string of the molecule is COc1ccc(/C=C/CN2CCN(Cc3noc(C)n3)CC2)cc1. The lowest BCUT2D eigenvalue weighted by Crippen LogP contribution is -2.45. The van der Waals surface area contributed by atoms with E-state index in [1.54, 1.807) is 7.11 Å². The monoisotopic (exact) mass is 328 g/mol. The fourth-order valence-corrected chi connectivity index (χ4v) is 2.79. The van der Waals surface area contributed by atoms with Crippen molar-refractivity contribution in [1.82, 2.24) is 19.9 Å². The smallest absolute Gasteiger partial charge is 0.223 e. The Balaban J connectivity index is 1.41. The summed E-state index contributed by atoms with van der Waals surface area (Å²) in [5.41, 5.74) is 1.20. The van der Waals surface area contributed by atoms with Gasteiger partial charge in [0.25, 0.3) is 0 Å². The molecule has 0 unspecified atom stereocenters. The van der Waals surface area contributed by atoms with E-state index >= 15 is 0 Å². The van der Waals surface area contributed by atoms with Crippen LogP contribution in [-0.2, 0) is 6.54 Å². The zero-order valence-corrected chi connectivity index (χ0v) is 14.3. The third kappa shape index (κ3) is 4.66. The average Bonchev–Trinajstić information content (AvgIpc) is 3.02. The maximum absolute atomic E-state index is 5.17. The van der Waals surface area contributed by atoms with Crippen molar-refractivity contribution in [3.63, 3.8) is 0 Å². The van der Waals surface area contributed by atoms with Crippen LogP contribution in [0.4, 0.5) is 0 Å². The van der Waals surface area contributed by atoms with Crippen LogP contribution < -0.4 is 4.74 Å². The van der Waals surface area contributed by atoms with Gasteiger partial charge in [0.2, 0.25) is 5.89 Å². The third-order valence-electron chi connectivity index (χ3n) is 4.19. The highest BCUT2D eigenvalue weighted by Gasteiger charge is 2.17. The van der Waals surface area contributed by atoms with E-state index in [1.165, 1.54) is 5.56 Å². The maximum atomic E-state index is 5.17. The molecule has 0 bridgehead atoms. The molecule has 1 aliphatic rings. The molecule has 1 saturated heterocycles. The average molecular weight is 328 g/mol. The van der Waals surface area contributed by atoms with Crippen LogP contribution in [0.2, 0.25) is 0 Å². The Morgan fingerprint density at radius 1 is 1.12 bits per heavy atom. The van der Waals surface area contributed by atoms with Gasteiger partial charge in [0.15, 0.2) is 5.82 Å². The summed E-state index contributed by atoms with van der Waals surface area (Å²) in [6.07, 6.45) is 4.38. The van der Waals surface area contributed by atoms with Gasteiger partial charge in [0, 0.05) is 39.6 Å². The van der Waals surface area contributed by atoms with E-state index in [0.29, 0.717) is 5.89 Å². The molecule has 0 atom stereocenters. The summed E-state index contributed by atoms with van der Waals surface area (Å²) in [6.45, 7) is 7.75. The Hall–Kier alpha value is -2.18. The van der Waals surface area contributed by atoms with Gasteiger partial charge in [-0.1, -0.05) is 29.4 Å². The zero-order valence-electron chi connectivity index (χ0n) is 14.3. The summed E-state index contributed by atoms with van der Waals surface area (Å²) < 4.78 is 10.2. The minimum atomic E-state index is 0.632. The van der Waals surface area contributed by atoms with E-state index in [0.717, 1.165) is 50.8 Å². The van der Waals surface area contributed by atoms with Gasteiger partial charge < -0.3 is 9.26 Å². The maximum Gasteiger partial charge on any atom is 0.223 e. The standard InChI is InChI=1S/C18H24N4O2/c1-15-19-18(20-24-15)14-22-12-10-21(11-13-22)9-3-4-16-5-7-17(23-2)8-6-16/h3-8H,9-14H2,1-2H3/b4-3+. The molecule has 0 spiro atoms. The van der Waals surface area contributed by atoms with E-state index in [4.69, 9.17) is 9.26 Å². The van der Waals surface area contributed by atoms with Crippen molar-refractivity contribution in [3.8, 4) is 5.75 Å². The van der Waals surface area contributed by atoms with E-state index in [2.05, 4.69) is 44.2 Å². The van der Waals surface area contributed by atoms with Crippen molar-refractivity contribution in [1.29, 1.82) is 0 Å². The first-order valence-electron chi connectivity index (χ1n) is 8.27. The molecule has 1 aromatic carbocycles. The van der Waals surface area contributed by atoms with Crippen molar-refractivity contribution >= 4 is 6.08 Å². The summed E-state index contributed by atoms with van der Waals surface area (Å²) in [5.74, 6) is 2.30. The first-order chi connectivity index (χ1) is 11.7. The molecule has 6 nitrogen and oxygen atoms in total. The molecule has 0 radical (unpaired) electrons. The van der Waals surface area contributed by atoms with E-state index in [9.17, 15) is 0 Å². The lowest BCUT2D eigenvalue weighted by molar-refractivity contribution is 0.133. The molecule has 0 amide bonds. The lowest BCUT2D eigenvalue weighted by Gasteiger charge is -2.33. The molecule has 2 heterocycles. The molecular weight excluding hydrogens is 304 g/mol. The second kappa shape index (κ2) is 8.08. The van der Waals surface area contributed by atoms with Crippen molar-refractivity contribution in [2.45, 2.75) is 13.5 Å². The van der Waals surface area contributed by atoms with Crippen molar-refractivity contribution in [2.24, 2.45) is 0 Å². The third-order valence-corrected chi connectivity index (χ3v) is 4.19. The first kappa shape index (κ1) is 16.7. The largest absolute Gasteiger partial charge is 0.497 e. The van der Waals surface area contributed by atoms with Crippen LogP contribution in [0.25, 0.3) is 6.08 Å². The lowest BCUT2D eigenvalue weighted by atomic mass is 10.2. The Morgan fingerprint density at radius 3 is 2.46 bits per heavy atom. The molecule has 0 aliphatic carbocycles. The number of hydrogen-bond donors (Lipinski definition) is 0. The van der Waals surface area contributed by atoms with Gasteiger partial charge in [-0.2, -0.15) is 4.98 Å². The van der Waals surface area contributed by atoms with Gasteiger partial charge in [-0.25, -0.2) is 0 Å². The molecule has 0 saturated carbocycles. The van der Waals surface area contributed by atoms with E-state index in [1.807, 2.05) is 19.1 Å². The van der Waals surface area contributed by atoms with E-state index < -0.39 is 0 Å². The van der Waals surface area contributed by atoms with E-state index in [-0.39, 0.29) is 0 Å². The van der Waals surface area contributed by atoms with Gasteiger partial charge >= 0.3 is 0 Å². The Kier molecular flexibility index (Phi) is 5.61. The summed E-state index contributed by atoms with van der Waals surface area (Å²) in [6, 6.07) is 8.11. The molecule has 0 N–H and O–H groups in total. The molecular formula is C18H24N4O2. The molecule has 3 rings (SSSR count). The van der Waals surface area contributed by atoms with Crippen molar-refractivity contribution < 1.29 is 9.26 Å². The quantitative estimate of drug-likeness (QED) is 0.810. The minimum Gasteiger partial charge on any atom is -0.497 e. The number of hydrogen-bond acceptors (Lipinski definition) is 6. The zero-order chi connectivity index (χ0) is 16.8. The van der Waals surface area contributed by atoms with Crippen LogP contribution in [-0.4, -0.2) is 59.8 Å². The Morgan fingerprint density at radius 2 is 1.83 bits per heavy atom. The number of nitrogens with zero attached hydrogens (tertiary/aromatic N) is 4. The number of methoxy groups -OCH3 is 1. The number of benzene rings is 1. The molecule has 6 heteroatoms. The van der Waals surface area contributed by atoms with Crippen LogP contribution >= 0.6 is 0 Å². The van der Waals surface area contributed by atoms with Gasteiger partial charge in [-0.3, -0.25) is 9.80 Å². The van der Waals surface area contributed by atoms with Crippen LogP contribution in [0.15, 0.2) is 34.9 Å². The minimum absolute atomic E-state index is 0.632. The van der Waals surface area contributed by atoms with Crippen LogP contribution in [0.3, 0.4) is 0 Å². The summed E-state index contributed by atoms with van der Waals surface area (Å²) >= 11 is 0. The predicted octanol–water partition coefficient (Wildman–Crippen LogP) is 2.22. The van der Waals surface area contributed by atoms with Crippen molar-refractivity contribution in [2.75, 3.05) is 39.8 Å². The van der Waals surface area contributed by atoms with Gasteiger partial charge in [-0.15, -0.1) is 0 Å². The predicted molar refractivity (Wildman–Crippen MR) is 92.8 cm³/mol.